The van der Waals surface area contributed by atoms with Crippen molar-refractivity contribution in [1.82, 2.24) is 0 Å². The molecule has 0 atom stereocenters. The standard InChI is InChI=1S/2C6H4Cl2.H2O/c2*7-5-1-2-6(8)4-3-5;/h2*1-4H;1H2. The summed E-state index contributed by atoms with van der Waals surface area (Å²) >= 11 is 22.2. The predicted molar refractivity (Wildman–Crippen MR) is 76.5 cm³/mol. The van der Waals surface area contributed by atoms with E-state index in [4.69, 9.17) is 46.4 Å². The largest absolute Gasteiger partial charge is 0.412 e. The predicted octanol–water partition coefficient (Wildman–Crippen LogP) is 5.16. The van der Waals surface area contributed by atoms with E-state index in [9.17, 15) is 0 Å². The molecular weight excluding hydrogens is 302 g/mol. The van der Waals surface area contributed by atoms with Crippen molar-refractivity contribution in [3.63, 3.8) is 0 Å². The first-order valence-electron chi connectivity index (χ1n) is 4.40. The zero-order valence-electron chi connectivity index (χ0n) is 8.63. The molecule has 0 unspecified atom stereocenters. The van der Waals surface area contributed by atoms with Gasteiger partial charge < -0.3 is 5.48 Å². The molecule has 0 amide bonds. The number of hydrogen-bond acceptors (Lipinski definition) is 0. The van der Waals surface area contributed by atoms with Crippen molar-refractivity contribution in [1.29, 1.82) is 0 Å². The van der Waals surface area contributed by atoms with Crippen LogP contribution >= 0.6 is 46.4 Å². The smallest absolute Gasteiger partial charge is 0.0407 e. The van der Waals surface area contributed by atoms with Crippen molar-refractivity contribution in [2.75, 3.05) is 0 Å². The van der Waals surface area contributed by atoms with Gasteiger partial charge in [-0.1, -0.05) is 46.4 Å². The van der Waals surface area contributed by atoms with Crippen molar-refractivity contribution < 1.29 is 5.48 Å². The lowest BCUT2D eigenvalue weighted by Gasteiger charge is -1.86. The number of benzene rings is 2. The summed E-state index contributed by atoms with van der Waals surface area (Å²) in [5.74, 6) is 0. The van der Waals surface area contributed by atoms with Crippen LogP contribution < -0.4 is 0 Å². The van der Waals surface area contributed by atoms with E-state index in [1.165, 1.54) is 0 Å². The first kappa shape index (κ1) is 16.6. The Kier molecular flexibility index (Phi) is 8.40. The number of hydrogen-bond donors (Lipinski definition) is 0. The fourth-order valence-electron chi connectivity index (χ4n) is 0.859. The van der Waals surface area contributed by atoms with Gasteiger partial charge in [0.05, 0.1) is 0 Å². The molecule has 0 fully saturated rings. The van der Waals surface area contributed by atoms with E-state index >= 15 is 0 Å². The molecule has 2 rings (SSSR count). The zero-order chi connectivity index (χ0) is 12.0. The van der Waals surface area contributed by atoms with Gasteiger partial charge in [-0.05, 0) is 48.5 Å². The zero-order valence-corrected chi connectivity index (χ0v) is 11.7. The summed E-state index contributed by atoms with van der Waals surface area (Å²) in [5, 5.41) is 2.87. The molecule has 0 aromatic heterocycles. The van der Waals surface area contributed by atoms with Crippen LogP contribution in [0.1, 0.15) is 0 Å². The molecule has 0 saturated carbocycles. The summed E-state index contributed by atoms with van der Waals surface area (Å²) in [6.45, 7) is 0. The quantitative estimate of drug-likeness (QED) is 0.643. The molecule has 0 radical (unpaired) electrons. The van der Waals surface area contributed by atoms with Crippen LogP contribution in [0.4, 0.5) is 0 Å². The molecule has 0 spiro atoms. The van der Waals surface area contributed by atoms with E-state index in [2.05, 4.69) is 0 Å². The fourth-order valence-corrected chi connectivity index (χ4v) is 1.36. The van der Waals surface area contributed by atoms with Gasteiger partial charge in [0.2, 0.25) is 0 Å². The Balaban J connectivity index is 0.000000284. The van der Waals surface area contributed by atoms with Gasteiger partial charge in [-0.3, -0.25) is 0 Å². The molecule has 5 heteroatoms. The van der Waals surface area contributed by atoms with Crippen LogP contribution in [0.25, 0.3) is 0 Å². The molecule has 2 N–H and O–H groups in total. The van der Waals surface area contributed by atoms with E-state index in [1.54, 1.807) is 48.5 Å². The molecule has 0 heterocycles. The second kappa shape index (κ2) is 8.62. The van der Waals surface area contributed by atoms with Gasteiger partial charge in [0.15, 0.2) is 0 Å². The lowest BCUT2D eigenvalue weighted by molar-refractivity contribution is 0.824. The van der Waals surface area contributed by atoms with Gasteiger partial charge in [-0.2, -0.15) is 0 Å². The summed E-state index contributed by atoms with van der Waals surface area (Å²) in [7, 11) is 0. The minimum absolute atomic E-state index is 0. The van der Waals surface area contributed by atoms with E-state index in [-0.39, 0.29) is 5.48 Å². The second-order valence-electron chi connectivity index (χ2n) is 2.87. The summed E-state index contributed by atoms with van der Waals surface area (Å²) in [4.78, 5) is 0. The maximum atomic E-state index is 5.55. The Morgan fingerprint density at radius 2 is 0.529 bits per heavy atom. The Labute approximate surface area is 120 Å². The SMILES string of the molecule is Clc1ccc(Cl)cc1.Clc1ccc(Cl)cc1.O. The third-order valence-electron chi connectivity index (χ3n) is 1.61. The van der Waals surface area contributed by atoms with Gasteiger partial charge in [0.1, 0.15) is 0 Å². The average Bonchev–Trinajstić information content (AvgIpc) is 2.28. The van der Waals surface area contributed by atoms with Gasteiger partial charge in [0.25, 0.3) is 0 Å². The van der Waals surface area contributed by atoms with E-state index in [0.717, 1.165) is 20.1 Å². The molecule has 2 aromatic carbocycles. The normalized spacial score (nSPS) is 8.71. The summed E-state index contributed by atoms with van der Waals surface area (Å²) < 4.78 is 0. The van der Waals surface area contributed by atoms with Crippen LogP contribution in [-0.2, 0) is 0 Å². The Morgan fingerprint density at radius 1 is 0.412 bits per heavy atom. The van der Waals surface area contributed by atoms with E-state index < -0.39 is 0 Å². The highest BCUT2D eigenvalue weighted by atomic mass is 35.5. The van der Waals surface area contributed by atoms with Crippen LogP contribution in [-0.4, -0.2) is 5.48 Å². The fraction of sp³-hybridized carbons (Fsp3) is 0. The molecule has 2 aromatic rings. The molecule has 92 valence electrons. The Bertz CT molecular complexity index is 340. The second-order valence-corrected chi connectivity index (χ2v) is 4.62. The highest BCUT2D eigenvalue weighted by molar-refractivity contribution is 6.33. The molecule has 0 aliphatic heterocycles. The molecule has 0 aliphatic carbocycles. The van der Waals surface area contributed by atoms with Crippen LogP contribution in [0, 0.1) is 0 Å². The van der Waals surface area contributed by atoms with Gasteiger partial charge in [-0.15, -0.1) is 0 Å². The summed E-state index contributed by atoms with van der Waals surface area (Å²) in [6, 6.07) is 14.0. The van der Waals surface area contributed by atoms with Crippen molar-refractivity contribution in [2.45, 2.75) is 0 Å². The summed E-state index contributed by atoms with van der Waals surface area (Å²) in [5.41, 5.74) is 0. The lowest BCUT2D eigenvalue weighted by atomic mass is 10.4. The van der Waals surface area contributed by atoms with Crippen LogP contribution in [0.3, 0.4) is 0 Å². The first-order chi connectivity index (χ1) is 7.58. The molecule has 1 nitrogen and oxygen atoms in total. The Morgan fingerprint density at radius 3 is 0.647 bits per heavy atom. The summed E-state index contributed by atoms with van der Waals surface area (Å²) in [6.07, 6.45) is 0. The minimum atomic E-state index is 0. The van der Waals surface area contributed by atoms with Crippen LogP contribution in [0.5, 0.6) is 0 Å². The Hall–Kier alpha value is -0.440. The lowest BCUT2D eigenvalue weighted by Crippen LogP contribution is -1.60. The topological polar surface area (TPSA) is 31.5 Å². The van der Waals surface area contributed by atoms with Crippen molar-refractivity contribution in [3.8, 4) is 0 Å². The van der Waals surface area contributed by atoms with Gasteiger partial charge in [-0.25, -0.2) is 0 Å². The van der Waals surface area contributed by atoms with Gasteiger partial charge in [0, 0.05) is 20.1 Å². The van der Waals surface area contributed by atoms with Gasteiger partial charge >= 0.3 is 0 Å². The highest BCUT2D eigenvalue weighted by Gasteiger charge is 1.84. The molecule has 0 bridgehead atoms. The highest BCUT2D eigenvalue weighted by Crippen LogP contribution is 2.13. The minimum Gasteiger partial charge on any atom is -0.412 e. The maximum Gasteiger partial charge on any atom is 0.0407 e. The molecule has 0 saturated heterocycles. The van der Waals surface area contributed by atoms with Crippen LogP contribution in [0.2, 0.25) is 20.1 Å². The number of rotatable bonds is 0. The van der Waals surface area contributed by atoms with Crippen LogP contribution in [0.15, 0.2) is 48.5 Å². The number of halogens is 4. The van der Waals surface area contributed by atoms with Crippen molar-refractivity contribution >= 4 is 46.4 Å². The first-order valence-corrected chi connectivity index (χ1v) is 5.91. The third kappa shape index (κ3) is 7.48. The van der Waals surface area contributed by atoms with Crippen molar-refractivity contribution in [3.05, 3.63) is 68.6 Å². The average molecular weight is 312 g/mol. The molecule has 0 aliphatic rings. The third-order valence-corrected chi connectivity index (χ3v) is 2.61. The van der Waals surface area contributed by atoms with E-state index in [1.807, 2.05) is 0 Å². The molecular formula is C12H10Cl4O. The van der Waals surface area contributed by atoms with Crippen molar-refractivity contribution in [2.24, 2.45) is 0 Å². The van der Waals surface area contributed by atoms with E-state index in [0.29, 0.717) is 0 Å². The molecule has 17 heavy (non-hydrogen) atoms. The maximum absolute atomic E-state index is 5.55. The monoisotopic (exact) mass is 310 g/mol.